The van der Waals surface area contributed by atoms with E-state index >= 15 is 0 Å². The summed E-state index contributed by atoms with van der Waals surface area (Å²) in [7, 11) is 1.73. The highest BCUT2D eigenvalue weighted by Crippen LogP contribution is 2.35. The van der Waals surface area contributed by atoms with E-state index in [0.717, 1.165) is 5.56 Å². The molecule has 202 valence electrons. The molecule has 1 aromatic rings. The fourth-order valence-corrected chi connectivity index (χ4v) is 4.65. The van der Waals surface area contributed by atoms with Gasteiger partial charge in [0.05, 0.1) is 12.6 Å². The smallest absolute Gasteiger partial charge is 0.333 e. The molecule has 0 spiro atoms. The van der Waals surface area contributed by atoms with Gasteiger partial charge in [0, 0.05) is 24.0 Å². The lowest BCUT2D eigenvalue weighted by Gasteiger charge is -2.39. The van der Waals surface area contributed by atoms with Crippen LogP contribution >= 0.6 is 0 Å². The lowest BCUT2D eigenvalue weighted by atomic mass is 9.71. The molecule has 3 atom stereocenters. The zero-order valence-corrected chi connectivity index (χ0v) is 24.3. The molecule has 1 rings (SSSR count). The Kier molecular flexibility index (Phi) is 11.4. The van der Waals surface area contributed by atoms with Gasteiger partial charge >= 0.3 is 5.97 Å². The number of ether oxygens (including phenoxy) is 1. The summed E-state index contributed by atoms with van der Waals surface area (Å²) in [6, 6.07) is 8.96. The van der Waals surface area contributed by atoms with Crippen LogP contribution < -0.4 is 5.32 Å². The molecular weight excluding hydrogens is 452 g/mol. The van der Waals surface area contributed by atoms with Gasteiger partial charge in [0.25, 0.3) is 0 Å². The minimum absolute atomic E-state index is 0.0556. The van der Waals surface area contributed by atoms with Crippen LogP contribution in [-0.4, -0.2) is 48.4 Å². The zero-order chi connectivity index (χ0) is 27.8. The molecule has 6 nitrogen and oxygen atoms in total. The van der Waals surface area contributed by atoms with Crippen LogP contribution in [-0.2, 0) is 24.5 Å². The average molecular weight is 501 g/mol. The SMILES string of the molecule is CCOC(=O)C(C)=C[C@H](C(C)C)N(C)C(=O)[C@@H](NC(=O)[C@H](CC)C(C)(C)c1ccccc1)C(C)(C)C. The maximum Gasteiger partial charge on any atom is 0.333 e. The summed E-state index contributed by atoms with van der Waals surface area (Å²) in [5, 5.41) is 3.11. The van der Waals surface area contributed by atoms with Crippen molar-refractivity contribution in [1.82, 2.24) is 10.2 Å². The van der Waals surface area contributed by atoms with Gasteiger partial charge in [-0.05, 0) is 37.2 Å². The normalized spacial score (nSPS) is 15.2. The van der Waals surface area contributed by atoms with E-state index < -0.39 is 22.8 Å². The lowest BCUT2D eigenvalue weighted by Crippen LogP contribution is -2.58. The second-order valence-corrected chi connectivity index (χ2v) is 11.6. The molecule has 0 fully saturated rings. The highest BCUT2D eigenvalue weighted by atomic mass is 16.5. The number of hydrogen-bond acceptors (Lipinski definition) is 4. The quantitative estimate of drug-likeness (QED) is 0.321. The molecule has 0 aromatic heterocycles. The van der Waals surface area contributed by atoms with Crippen LogP contribution in [0.2, 0.25) is 0 Å². The van der Waals surface area contributed by atoms with Gasteiger partial charge in [0.2, 0.25) is 11.8 Å². The molecule has 0 bridgehead atoms. The Labute approximate surface area is 218 Å². The standard InChI is InChI=1S/C30H48N2O4/c1-12-23(30(9,10)22-17-15-14-16-18-22)26(33)31-25(29(6,7)8)27(34)32(11)24(20(3)4)19-21(5)28(35)36-13-2/h14-20,23-25H,12-13H2,1-11H3,(H,31,33)/t23-,24+,25+/m0/s1. The van der Waals surface area contributed by atoms with E-state index in [0.29, 0.717) is 18.6 Å². The van der Waals surface area contributed by atoms with Crippen LogP contribution in [0.1, 0.15) is 81.2 Å². The molecule has 0 unspecified atom stereocenters. The maximum atomic E-state index is 13.8. The number of likely N-dealkylation sites (N-methyl/N-ethyl adjacent to an activating group) is 1. The number of carbonyl (C=O) groups excluding carboxylic acids is 3. The monoisotopic (exact) mass is 500 g/mol. The Morgan fingerprint density at radius 2 is 1.58 bits per heavy atom. The Bertz CT molecular complexity index is 913. The van der Waals surface area contributed by atoms with Gasteiger partial charge in [-0.1, -0.05) is 91.8 Å². The number of amides is 2. The van der Waals surface area contributed by atoms with Gasteiger partial charge in [-0.2, -0.15) is 0 Å². The summed E-state index contributed by atoms with van der Waals surface area (Å²) < 4.78 is 5.12. The number of benzene rings is 1. The first-order valence-electron chi connectivity index (χ1n) is 13.1. The van der Waals surface area contributed by atoms with Crippen LogP contribution in [0.3, 0.4) is 0 Å². The molecule has 0 radical (unpaired) electrons. The van der Waals surface area contributed by atoms with Crippen molar-refractivity contribution in [3.05, 3.63) is 47.5 Å². The number of rotatable bonds is 11. The van der Waals surface area contributed by atoms with Crippen molar-refractivity contribution in [2.45, 2.75) is 93.2 Å². The average Bonchev–Trinajstić information content (AvgIpc) is 2.80. The van der Waals surface area contributed by atoms with Crippen LogP contribution in [0.4, 0.5) is 0 Å². The molecule has 0 saturated heterocycles. The Balaban J connectivity index is 3.28. The largest absolute Gasteiger partial charge is 0.463 e. The molecule has 6 heteroatoms. The molecule has 2 amide bonds. The highest BCUT2D eigenvalue weighted by molar-refractivity contribution is 5.90. The van der Waals surface area contributed by atoms with Crippen molar-refractivity contribution in [2.24, 2.45) is 17.3 Å². The first kappa shape index (κ1) is 31.4. The Morgan fingerprint density at radius 3 is 2.03 bits per heavy atom. The molecule has 0 aliphatic rings. The van der Waals surface area contributed by atoms with E-state index in [2.05, 4.69) is 19.2 Å². The van der Waals surface area contributed by atoms with Crippen LogP contribution in [0.25, 0.3) is 0 Å². The summed E-state index contributed by atoms with van der Waals surface area (Å²) in [5.41, 5.74) is 0.624. The summed E-state index contributed by atoms with van der Waals surface area (Å²) in [4.78, 5) is 41.4. The molecule has 0 aliphatic carbocycles. The van der Waals surface area contributed by atoms with E-state index in [1.807, 2.05) is 71.9 Å². The topological polar surface area (TPSA) is 75.7 Å². The first-order valence-corrected chi connectivity index (χ1v) is 13.1. The van der Waals surface area contributed by atoms with E-state index in [4.69, 9.17) is 4.74 Å². The number of hydrogen-bond donors (Lipinski definition) is 1. The maximum absolute atomic E-state index is 13.8. The van der Waals surface area contributed by atoms with Gasteiger partial charge in [0.15, 0.2) is 0 Å². The van der Waals surface area contributed by atoms with Gasteiger partial charge in [-0.25, -0.2) is 4.79 Å². The molecular formula is C30H48N2O4. The zero-order valence-electron chi connectivity index (χ0n) is 24.3. The Morgan fingerprint density at radius 1 is 1.03 bits per heavy atom. The van der Waals surface area contributed by atoms with Crippen molar-refractivity contribution in [3.8, 4) is 0 Å². The number of nitrogens with zero attached hydrogens (tertiary/aromatic N) is 1. The first-order chi connectivity index (χ1) is 16.6. The van der Waals surface area contributed by atoms with Gasteiger partial charge < -0.3 is 15.0 Å². The van der Waals surface area contributed by atoms with Crippen LogP contribution in [0.15, 0.2) is 42.0 Å². The summed E-state index contributed by atoms with van der Waals surface area (Å²) in [6.45, 7) is 19.8. The number of nitrogens with one attached hydrogen (secondary N) is 1. The predicted octanol–water partition coefficient (Wildman–Crippen LogP) is 5.51. The molecule has 0 saturated carbocycles. The molecule has 0 heterocycles. The van der Waals surface area contributed by atoms with E-state index in [-0.39, 0.29) is 29.7 Å². The Hall–Kier alpha value is -2.63. The predicted molar refractivity (Wildman–Crippen MR) is 146 cm³/mol. The van der Waals surface area contributed by atoms with E-state index in [9.17, 15) is 14.4 Å². The molecule has 36 heavy (non-hydrogen) atoms. The van der Waals surface area contributed by atoms with Crippen molar-refractivity contribution in [2.75, 3.05) is 13.7 Å². The lowest BCUT2D eigenvalue weighted by molar-refractivity contribution is -0.142. The van der Waals surface area contributed by atoms with Crippen LogP contribution in [0.5, 0.6) is 0 Å². The third kappa shape index (κ3) is 7.94. The fraction of sp³-hybridized carbons (Fsp3) is 0.633. The third-order valence-electron chi connectivity index (χ3n) is 7.01. The van der Waals surface area contributed by atoms with E-state index in [1.54, 1.807) is 31.9 Å². The molecule has 0 aliphatic heterocycles. The van der Waals surface area contributed by atoms with Crippen molar-refractivity contribution >= 4 is 17.8 Å². The fourth-order valence-electron chi connectivity index (χ4n) is 4.65. The number of carbonyl (C=O) groups is 3. The van der Waals surface area contributed by atoms with Gasteiger partial charge in [0.1, 0.15) is 6.04 Å². The minimum Gasteiger partial charge on any atom is -0.463 e. The molecule has 1 N–H and O–H groups in total. The molecule has 1 aromatic carbocycles. The minimum atomic E-state index is -0.729. The summed E-state index contributed by atoms with van der Waals surface area (Å²) in [5.74, 6) is -0.962. The van der Waals surface area contributed by atoms with Crippen molar-refractivity contribution in [1.29, 1.82) is 0 Å². The summed E-state index contributed by atoms with van der Waals surface area (Å²) in [6.07, 6.45) is 2.43. The van der Waals surface area contributed by atoms with Crippen molar-refractivity contribution in [3.63, 3.8) is 0 Å². The second kappa shape index (κ2) is 13.1. The van der Waals surface area contributed by atoms with E-state index in [1.165, 1.54) is 0 Å². The van der Waals surface area contributed by atoms with Crippen molar-refractivity contribution < 1.29 is 19.1 Å². The second-order valence-electron chi connectivity index (χ2n) is 11.6. The summed E-state index contributed by atoms with van der Waals surface area (Å²) >= 11 is 0. The highest BCUT2D eigenvalue weighted by Gasteiger charge is 2.41. The third-order valence-corrected chi connectivity index (χ3v) is 7.01. The van der Waals surface area contributed by atoms with Gasteiger partial charge in [-0.3, -0.25) is 9.59 Å². The number of esters is 1. The van der Waals surface area contributed by atoms with Gasteiger partial charge in [-0.15, -0.1) is 0 Å². The van der Waals surface area contributed by atoms with Crippen LogP contribution in [0, 0.1) is 17.3 Å².